The maximum atomic E-state index is 12.8. The molecule has 0 spiro atoms. The van der Waals surface area contributed by atoms with E-state index in [9.17, 15) is 9.59 Å². The van der Waals surface area contributed by atoms with Crippen molar-refractivity contribution in [3.05, 3.63) is 89.9 Å². The molecule has 2 heterocycles. The highest BCUT2D eigenvalue weighted by Crippen LogP contribution is 2.27. The van der Waals surface area contributed by atoms with Gasteiger partial charge < -0.3 is 24.9 Å². The number of hydrogen-bond donors (Lipinski definition) is 2. The highest BCUT2D eigenvalue weighted by Gasteiger charge is 2.21. The van der Waals surface area contributed by atoms with Crippen LogP contribution in [-0.2, 0) is 6.61 Å². The number of nitrogens with zero attached hydrogens (tertiary/aromatic N) is 1. The number of pyridine rings is 1. The van der Waals surface area contributed by atoms with E-state index in [0.717, 1.165) is 5.39 Å². The predicted octanol–water partition coefficient (Wildman–Crippen LogP) is 3.31. The van der Waals surface area contributed by atoms with E-state index in [1.165, 1.54) is 0 Å². The minimum atomic E-state index is -0.578. The number of hydrogen-bond acceptors (Lipinski definition) is 6. The molecule has 0 fully saturated rings. The van der Waals surface area contributed by atoms with E-state index in [4.69, 9.17) is 19.6 Å². The van der Waals surface area contributed by atoms with Gasteiger partial charge in [-0.3, -0.25) is 14.6 Å². The van der Waals surface area contributed by atoms with Gasteiger partial charge in [0.05, 0.1) is 12.1 Å². The van der Waals surface area contributed by atoms with E-state index in [1.807, 2.05) is 18.2 Å². The lowest BCUT2D eigenvalue weighted by Gasteiger charge is -2.10. The van der Waals surface area contributed by atoms with Crippen molar-refractivity contribution >= 4 is 22.8 Å². The third-order valence-electron chi connectivity index (χ3n) is 4.74. The zero-order valence-corrected chi connectivity index (χ0v) is 17.1. The Kier molecular flexibility index (Phi) is 6.31. The Morgan fingerprint density at radius 1 is 0.969 bits per heavy atom. The SMILES string of the molecule is NC(=O)c1ccccc1OCCNC(=O)c1oc2ccccc2c1COc1ccncc1. The van der Waals surface area contributed by atoms with Crippen molar-refractivity contribution in [1.29, 1.82) is 0 Å². The highest BCUT2D eigenvalue weighted by atomic mass is 16.5. The fourth-order valence-corrected chi connectivity index (χ4v) is 3.22. The fourth-order valence-electron chi connectivity index (χ4n) is 3.22. The van der Waals surface area contributed by atoms with Gasteiger partial charge in [0.2, 0.25) is 0 Å². The molecule has 2 aromatic heterocycles. The van der Waals surface area contributed by atoms with Crippen molar-refractivity contribution in [2.75, 3.05) is 13.2 Å². The zero-order chi connectivity index (χ0) is 22.3. The van der Waals surface area contributed by atoms with Crippen LogP contribution >= 0.6 is 0 Å². The monoisotopic (exact) mass is 431 g/mol. The van der Waals surface area contributed by atoms with Gasteiger partial charge in [-0.15, -0.1) is 0 Å². The average Bonchev–Trinajstić information content (AvgIpc) is 3.20. The summed E-state index contributed by atoms with van der Waals surface area (Å²) in [6.45, 7) is 0.513. The minimum Gasteiger partial charge on any atom is -0.491 e. The van der Waals surface area contributed by atoms with Crippen LogP contribution in [0.3, 0.4) is 0 Å². The number of ether oxygens (including phenoxy) is 2. The Hall–Kier alpha value is -4.33. The number of amides is 2. The summed E-state index contributed by atoms with van der Waals surface area (Å²) in [7, 11) is 0. The Bertz CT molecular complexity index is 1240. The maximum absolute atomic E-state index is 12.8. The number of fused-ring (bicyclic) bond motifs is 1. The van der Waals surface area contributed by atoms with Crippen LogP contribution in [0.5, 0.6) is 11.5 Å². The Balaban J connectivity index is 1.43. The molecular weight excluding hydrogens is 410 g/mol. The molecule has 0 unspecified atom stereocenters. The molecule has 0 aliphatic carbocycles. The number of nitrogens with two attached hydrogens (primary N) is 1. The van der Waals surface area contributed by atoms with Gasteiger partial charge in [-0.05, 0) is 30.3 Å². The molecule has 0 aliphatic heterocycles. The van der Waals surface area contributed by atoms with Crippen LogP contribution in [0, 0.1) is 0 Å². The fraction of sp³-hybridized carbons (Fsp3) is 0.125. The third-order valence-corrected chi connectivity index (χ3v) is 4.74. The quantitative estimate of drug-likeness (QED) is 0.393. The molecule has 4 rings (SSSR count). The molecule has 0 saturated heterocycles. The summed E-state index contributed by atoms with van der Waals surface area (Å²) >= 11 is 0. The number of carbonyl (C=O) groups is 2. The number of primary amides is 1. The molecule has 162 valence electrons. The van der Waals surface area contributed by atoms with E-state index in [2.05, 4.69) is 10.3 Å². The second-order valence-electron chi connectivity index (χ2n) is 6.84. The number of rotatable bonds is 9. The topological polar surface area (TPSA) is 117 Å². The molecule has 4 aromatic rings. The Morgan fingerprint density at radius 3 is 2.53 bits per heavy atom. The van der Waals surface area contributed by atoms with Crippen LogP contribution in [0.1, 0.15) is 26.5 Å². The molecule has 0 saturated carbocycles. The molecule has 8 nitrogen and oxygen atoms in total. The van der Waals surface area contributed by atoms with Crippen molar-refractivity contribution in [2.45, 2.75) is 6.61 Å². The van der Waals surface area contributed by atoms with E-state index < -0.39 is 5.91 Å². The number of aromatic nitrogens is 1. The van der Waals surface area contributed by atoms with E-state index in [-0.39, 0.29) is 37.0 Å². The lowest BCUT2D eigenvalue weighted by molar-refractivity contribution is 0.0915. The van der Waals surface area contributed by atoms with Crippen molar-refractivity contribution in [2.24, 2.45) is 5.73 Å². The lowest BCUT2D eigenvalue weighted by atomic mass is 10.1. The van der Waals surface area contributed by atoms with Gasteiger partial charge in [0.25, 0.3) is 11.8 Å². The summed E-state index contributed by atoms with van der Waals surface area (Å²) in [5, 5.41) is 3.58. The van der Waals surface area contributed by atoms with Crippen LogP contribution in [-0.4, -0.2) is 29.9 Å². The van der Waals surface area contributed by atoms with Gasteiger partial charge in [-0.2, -0.15) is 0 Å². The van der Waals surface area contributed by atoms with Crippen LogP contribution in [0.2, 0.25) is 0 Å². The summed E-state index contributed by atoms with van der Waals surface area (Å²) < 4.78 is 17.2. The molecular formula is C24H21N3O5. The Morgan fingerprint density at radius 2 is 1.72 bits per heavy atom. The highest BCUT2D eigenvalue weighted by molar-refractivity contribution is 5.99. The number of nitrogens with one attached hydrogen (secondary N) is 1. The van der Waals surface area contributed by atoms with Gasteiger partial charge in [0, 0.05) is 23.3 Å². The number of benzene rings is 2. The van der Waals surface area contributed by atoms with Gasteiger partial charge >= 0.3 is 0 Å². The molecule has 0 bridgehead atoms. The van der Waals surface area contributed by atoms with Crippen molar-refractivity contribution in [1.82, 2.24) is 10.3 Å². The molecule has 3 N–H and O–H groups in total. The van der Waals surface area contributed by atoms with E-state index in [1.54, 1.807) is 54.9 Å². The molecule has 2 amide bonds. The summed E-state index contributed by atoms with van der Waals surface area (Å²) in [5.74, 6) is 0.215. The number of carbonyl (C=O) groups excluding carboxylic acids is 2. The first-order valence-corrected chi connectivity index (χ1v) is 9.96. The summed E-state index contributed by atoms with van der Waals surface area (Å²) in [4.78, 5) is 28.3. The van der Waals surface area contributed by atoms with Crippen LogP contribution < -0.4 is 20.5 Å². The second kappa shape index (κ2) is 9.65. The molecule has 0 aliphatic rings. The number of para-hydroxylation sites is 2. The van der Waals surface area contributed by atoms with Gasteiger partial charge in [-0.1, -0.05) is 30.3 Å². The maximum Gasteiger partial charge on any atom is 0.287 e. The van der Waals surface area contributed by atoms with Crippen LogP contribution in [0.4, 0.5) is 0 Å². The first-order valence-electron chi connectivity index (χ1n) is 9.96. The summed E-state index contributed by atoms with van der Waals surface area (Å²) in [6.07, 6.45) is 3.26. The molecule has 0 radical (unpaired) electrons. The van der Waals surface area contributed by atoms with Gasteiger partial charge in [-0.25, -0.2) is 0 Å². The predicted molar refractivity (Wildman–Crippen MR) is 118 cm³/mol. The van der Waals surface area contributed by atoms with Crippen LogP contribution in [0.15, 0.2) is 77.5 Å². The largest absolute Gasteiger partial charge is 0.491 e. The third kappa shape index (κ3) is 4.70. The normalized spacial score (nSPS) is 10.6. The van der Waals surface area contributed by atoms with Crippen molar-refractivity contribution in [3.8, 4) is 11.5 Å². The minimum absolute atomic E-state index is 0.152. The first-order chi connectivity index (χ1) is 15.6. The lowest BCUT2D eigenvalue weighted by Crippen LogP contribution is -2.29. The van der Waals surface area contributed by atoms with E-state index >= 15 is 0 Å². The molecule has 8 heteroatoms. The zero-order valence-electron chi connectivity index (χ0n) is 17.1. The van der Waals surface area contributed by atoms with Gasteiger partial charge in [0.1, 0.15) is 30.3 Å². The van der Waals surface area contributed by atoms with E-state index in [0.29, 0.717) is 22.6 Å². The Labute approximate surface area is 184 Å². The van der Waals surface area contributed by atoms with Crippen LogP contribution in [0.25, 0.3) is 11.0 Å². The van der Waals surface area contributed by atoms with Crippen molar-refractivity contribution < 1.29 is 23.5 Å². The molecule has 0 atom stereocenters. The van der Waals surface area contributed by atoms with Gasteiger partial charge in [0.15, 0.2) is 5.76 Å². The smallest absolute Gasteiger partial charge is 0.287 e. The molecule has 32 heavy (non-hydrogen) atoms. The average molecular weight is 431 g/mol. The number of furan rings is 1. The summed E-state index contributed by atoms with van der Waals surface area (Å²) in [5.41, 5.74) is 6.88. The first kappa shape index (κ1) is 20.9. The standard InChI is InChI=1S/C24H21N3O5/c25-23(28)18-6-2-3-7-20(18)30-14-13-27-24(29)22-19(15-31-16-9-11-26-12-10-16)17-5-1-4-8-21(17)32-22/h1-12H,13-15H2,(H2,25,28)(H,27,29). The van der Waals surface area contributed by atoms with Crippen molar-refractivity contribution in [3.63, 3.8) is 0 Å². The summed E-state index contributed by atoms with van der Waals surface area (Å²) in [6, 6.07) is 17.5. The molecule has 2 aromatic carbocycles. The second-order valence-corrected chi connectivity index (χ2v) is 6.84.